The predicted octanol–water partition coefficient (Wildman–Crippen LogP) is 1.84. The fourth-order valence-electron chi connectivity index (χ4n) is 3.04. The Kier molecular flexibility index (Phi) is 5.59. The average Bonchev–Trinajstić information content (AvgIpc) is 3.21. The number of hydrogen-bond donors (Lipinski definition) is 0. The van der Waals surface area contributed by atoms with Crippen molar-refractivity contribution >= 4 is 35.0 Å². The number of aromatic nitrogens is 1. The summed E-state index contributed by atoms with van der Waals surface area (Å²) in [5.41, 5.74) is 0.515. The molecule has 1 atom stereocenters. The van der Waals surface area contributed by atoms with Gasteiger partial charge in [0.05, 0.1) is 24.3 Å². The van der Waals surface area contributed by atoms with Gasteiger partial charge >= 0.3 is 11.9 Å². The molecule has 9 nitrogen and oxygen atoms in total. The molecule has 0 amide bonds. The SMILES string of the molecule is CCC[C@@H]1N=c2s/c(=C/c3ccc([N+](=O)[O-])o3)c(=O)n2C(C)=C1C(=O)OCC. The summed E-state index contributed by atoms with van der Waals surface area (Å²) in [5.74, 6) is -0.681. The third kappa shape index (κ3) is 3.55. The summed E-state index contributed by atoms with van der Waals surface area (Å²) in [4.78, 5) is 40.5. The van der Waals surface area contributed by atoms with Gasteiger partial charge in [-0.05, 0) is 26.3 Å². The van der Waals surface area contributed by atoms with Crippen LogP contribution < -0.4 is 14.9 Å². The van der Waals surface area contributed by atoms with E-state index in [-0.39, 0.29) is 24.0 Å². The number of ether oxygens (including phenoxy) is 1. The summed E-state index contributed by atoms with van der Waals surface area (Å²) in [7, 11) is 0. The third-order valence-corrected chi connectivity index (χ3v) is 5.24. The van der Waals surface area contributed by atoms with E-state index < -0.39 is 16.8 Å². The molecule has 1 aliphatic heterocycles. The minimum absolute atomic E-state index is 0.195. The molecule has 0 bridgehead atoms. The quantitative estimate of drug-likeness (QED) is 0.411. The molecule has 0 spiro atoms. The number of thiazole rings is 1. The Morgan fingerprint density at radius 2 is 2.21 bits per heavy atom. The molecule has 0 aromatic carbocycles. The molecule has 0 fully saturated rings. The van der Waals surface area contributed by atoms with Gasteiger partial charge in [-0.2, -0.15) is 0 Å². The van der Waals surface area contributed by atoms with Crippen LogP contribution in [0.5, 0.6) is 0 Å². The first-order valence-corrected chi connectivity index (χ1v) is 9.62. The molecule has 0 saturated heterocycles. The zero-order chi connectivity index (χ0) is 20.4. The summed E-state index contributed by atoms with van der Waals surface area (Å²) in [6.07, 6.45) is 2.91. The molecule has 3 rings (SSSR count). The molecule has 148 valence electrons. The molecule has 1 aliphatic rings. The summed E-state index contributed by atoms with van der Waals surface area (Å²) in [6, 6.07) is 2.27. The lowest BCUT2D eigenvalue weighted by atomic mass is 10.00. The topological polar surface area (TPSA) is 117 Å². The highest BCUT2D eigenvalue weighted by atomic mass is 32.1. The number of fused-ring (bicyclic) bond motifs is 1. The van der Waals surface area contributed by atoms with Crippen LogP contribution in [0.15, 0.2) is 31.9 Å². The fourth-order valence-corrected chi connectivity index (χ4v) is 4.08. The van der Waals surface area contributed by atoms with Crippen LogP contribution in [0, 0.1) is 10.1 Å². The number of esters is 1. The smallest absolute Gasteiger partial charge is 0.433 e. The molecule has 0 unspecified atom stereocenters. The average molecular weight is 405 g/mol. The van der Waals surface area contributed by atoms with E-state index in [2.05, 4.69) is 4.99 Å². The molecule has 28 heavy (non-hydrogen) atoms. The zero-order valence-corrected chi connectivity index (χ0v) is 16.4. The second kappa shape index (κ2) is 7.93. The van der Waals surface area contributed by atoms with Crippen molar-refractivity contribution in [1.82, 2.24) is 4.57 Å². The van der Waals surface area contributed by atoms with Gasteiger partial charge in [0.25, 0.3) is 5.56 Å². The van der Waals surface area contributed by atoms with Crippen LogP contribution in [0.25, 0.3) is 11.8 Å². The lowest BCUT2D eigenvalue weighted by Crippen LogP contribution is -2.37. The zero-order valence-electron chi connectivity index (χ0n) is 15.6. The Balaban J connectivity index is 2.16. The van der Waals surface area contributed by atoms with Crippen molar-refractivity contribution in [3.05, 3.63) is 53.3 Å². The molecule has 0 aliphatic carbocycles. The molecule has 0 saturated carbocycles. The summed E-state index contributed by atoms with van der Waals surface area (Å²) in [5, 5.41) is 10.8. The van der Waals surface area contributed by atoms with Crippen molar-refractivity contribution in [2.24, 2.45) is 4.99 Å². The predicted molar refractivity (Wildman–Crippen MR) is 103 cm³/mol. The number of hydrogen-bond acceptors (Lipinski definition) is 8. The van der Waals surface area contributed by atoms with Gasteiger partial charge in [0.2, 0.25) is 0 Å². The Morgan fingerprint density at radius 1 is 1.46 bits per heavy atom. The number of carbonyl (C=O) groups excluding carboxylic acids is 1. The van der Waals surface area contributed by atoms with Gasteiger partial charge in [0, 0.05) is 11.8 Å². The van der Waals surface area contributed by atoms with Crippen LogP contribution in [0.4, 0.5) is 5.88 Å². The minimum Gasteiger partial charge on any atom is -0.463 e. The van der Waals surface area contributed by atoms with E-state index >= 15 is 0 Å². The maximum atomic E-state index is 12.9. The van der Waals surface area contributed by atoms with Crippen molar-refractivity contribution in [2.75, 3.05) is 6.61 Å². The van der Waals surface area contributed by atoms with E-state index in [1.807, 2.05) is 6.92 Å². The van der Waals surface area contributed by atoms with Crippen LogP contribution in [0.2, 0.25) is 0 Å². The molecule has 2 aromatic heterocycles. The second-order valence-electron chi connectivity index (χ2n) is 6.12. The number of nitrogens with zero attached hydrogens (tertiary/aromatic N) is 3. The third-order valence-electron chi connectivity index (χ3n) is 4.25. The van der Waals surface area contributed by atoms with E-state index in [1.165, 1.54) is 22.8 Å². The molecule has 2 aromatic rings. The maximum absolute atomic E-state index is 12.9. The van der Waals surface area contributed by atoms with Gasteiger partial charge in [-0.25, -0.2) is 9.79 Å². The monoisotopic (exact) mass is 405 g/mol. The lowest BCUT2D eigenvalue weighted by molar-refractivity contribution is -0.402. The molecular formula is C18H19N3O6S. The number of allylic oxidation sites excluding steroid dienone is 1. The van der Waals surface area contributed by atoms with Gasteiger partial charge in [-0.3, -0.25) is 19.5 Å². The van der Waals surface area contributed by atoms with E-state index in [4.69, 9.17) is 9.15 Å². The van der Waals surface area contributed by atoms with Gasteiger partial charge in [-0.1, -0.05) is 24.7 Å². The summed E-state index contributed by atoms with van der Waals surface area (Å²) >= 11 is 1.15. The van der Waals surface area contributed by atoms with Crippen molar-refractivity contribution < 1.29 is 18.9 Å². The highest BCUT2D eigenvalue weighted by Crippen LogP contribution is 2.23. The second-order valence-corrected chi connectivity index (χ2v) is 7.13. The highest BCUT2D eigenvalue weighted by molar-refractivity contribution is 7.07. The minimum atomic E-state index is -0.646. The fraction of sp³-hybridized carbons (Fsp3) is 0.389. The van der Waals surface area contributed by atoms with E-state index in [9.17, 15) is 19.7 Å². The van der Waals surface area contributed by atoms with Gasteiger partial charge < -0.3 is 9.15 Å². The molecule has 0 radical (unpaired) electrons. The van der Waals surface area contributed by atoms with Crippen LogP contribution in [-0.4, -0.2) is 28.1 Å². The van der Waals surface area contributed by atoms with E-state index in [1.54, 1.807) is 13.8 Å². The van der Waals surface area contributed by atoms with Crippen molar-refractivity contribution in [3.8, 4) is 0 Å². The molecule has 0 N–H and O–H groups in total. The highest BCUT2D eigenvalue weighted by Gasteiger charge is 2.29. The van der Waals surface area contributed by atoms with Crippen LogP contribution >= 0.6 is 11.3 Å². The van der Waals surface area contributed by atoms with Crippen molar-refractivity contribution in [1.29, 1.82) is 0 Å². The normalized spacial score (nSPS) is 16.7. The number of rotatable bonds is 6. The van der Waals surface area contributed by atoms with E-state index in [0.29, 0.717) is 27.0 Å². The number of carbonyl (C=O) groups is 1. The first kappa shape index (κ1) is 19.7. The Labute approximate surface area is 163 Å². The Hall–Kier alpha value is -3.01. The van der Waals surface area contributed by atoms with Gasteiger partial charge in [0.1, 0.15) is 15.2 Å². The van der Waals surface area contributed by atoms with Gasteiger partial charge in [-0.15, -0.1) is 0 Å². The standard InChI is InChI=1S/C18H19N3O6S/c1-4-6-12-15(17(23)26-5-2)10(3)20-16(22)13(28-18(20)19-12)9-11-7-8-14(27-11)21(24)25/h7-9,12H,4-6H2,1-3H3/b13-9+/t12-/m0/s1. The summed E-state index contributed by atoms with van der Waals surface area (Å²) in [6.45, 7) is 5.64. The Morgan fingerprint density at radius 3 is 2.82 bits per heavy atom. The van der Waals surface area contributed by atoms with Crippen LogP contribution in [0.3, 0.4) is 0 Å². The first-order chi connectivity index (χ1) is 13.4. The maximum Gasteiger partial charge on any atom is 0.433 e. The van der Waals surface area contributed by atoms with Crippen LogP contribution in [-0.2, 0) is 9.53 Å². The first-order valence-electron chi connectivity index (χ1n) is 8.81. The summed E-state index contributed by atoms with van der Waals surface area (Å²) < 4.78 is 11.9. The number of furan rings is 1. The van der Waals surface area contributed by atoms with Crippen LogP contribution in [0.1, 0.15) is 39.4 Å². The van der Waals surface area contributed by atoms with Crippen molar-refractivity contribution in [2.45, 2.75) is 39.7 Å². The molecule has 3 heterocycles. The Bertz CT molecular complexity index is 1140. The molecule has 10 heteroatoms. The number of nitro groups is 1. The van der Waals surface area contributed by atoms with Gasteiger partial charge in [0.15, 0.2) is 4.80 Å². The molecular weight excluding hydrogens is 386 g/mol. The largest absolute Gasteiger partial charge is 0.463 e. The lowest BCUT2D eigenvalue weighted by Gasteiger charge is -2.21. The van der Waals surface area contributed by atoms with E-state index in [0.717, 1.165) is 17.8 Å². The van der Waals surface area contributed by atoms with Crippen molar-refractivity contribution in [3.63, 3.8) is 0 Å².